The minimum atomic E-state index is -0.266. The quantitative estimate of drug-likeness (QED) is 0.872. The number of fused-ring (bicyclic) bond motifs is 1. The van der Waals surface area contributed by atoms with E-state index in [1.807, 2.05) is 24.3 Å². The Morgan fingerprint density at radius 3 is 2.48 bits per heavy atom. The number of β-amino-alcohol motifs (C(OH)–C–C–N with tert-alkyl or cyclic N) is 1. The third-order valence-electron chi connectivity index (χ3n) is 5.10. The van der Waals surface area contributed by atoms with E-state index in [1.165, 1.54) is 0 Å². The Bertz CT molecular complexity index is 636. The van der Waals surface area contributed by atoms with Gasteiger partial charge in [0.25, 0.3) is 0 Å². The third kappa shape index (κ3) is 5.03. The Morgan fingerprint density at radius 1 is 1.12 bits per heavy atom. The van der Waals surface area contributed by atoms with E-state index in [0.717, 1.165) is 69.1 Å². The monoisotopic (exact) mass is 345 g/mol. The number of aliphatic hydroxyl groups is 1. The highest BCUT2D eigenvalue weighted by molar-refractivity contribution is 5.72. The topological polar surface area (TPSA) is 52.7 Å². The van der Waals surface area contributed by atoms with E-state index in [9.17, 15) is 5.11 Å². The van der Waals surface area contributed by atoms with Crippen molar-refractivity contribution in [1.29, 1.82) is 0 Å². The Balaban J connectivity index is 1.38. The fourth-order valence-electron chi connectivity index (χ4n) is 3.19. The Hall–Kier alpha value is -1.43. The van der Waals surface area contributed by atoms with Crippen LogP contribution in [0.2, 0.25) is 0 Å². The van der Waals surface area contributed by atoms with Gasteiger partial charge < -0.3 is 14.4 Å². The lowest BCUT2D eigenvalue weighted by molar-refractivity contribution is 0.0134. The molecule has 1 fully saturated rings. The number of oxazole rings is 1. The van der Waals surface area contributed by atoms with Gasteiger partial charge in [-0.15, -0.1) is 0 Å². The van der Waals surface area contributed by atoms with Crippen LogP contribution in [0.5, 0.6) is 0 Å². The molecule has 0 spiro atoms. The molecule has 3 rings (SSSR count). The smallest absolute Gasteiger partial charge is 0.195 e. The predicted molar refractivity (Wildman–Crippen MR) is 101 cm³/mol. The second kappa shape index (κ2) is 7.85. The minimum absolute atomic E-state index is 0.0449. The number of aromatic nitrogens is 1. The molecule has 1 N–H and O–H groups in total. The van der Waals surface area contributed by atoms with E-state index in [4.69, 9.17) is 4.42 Å². The van der Waals surface area contributed by atoms with E-state index in [-0.39, 0.29) is 11.5 Å². The van der Waals surface area contributed by atoms with Gasteiger partial charge in [-0.2, -0.15) is 0 Å². The molecular formula is C20H31N3O2. The van der Waals surface area contributed by atoms with Gasteiger partial charge in [0.2, 0.25) is 0 Å². The average molecular weight is 345 g/mol. The summed E-state index contributed by atoms with van der Waals surface area (Å²) in [5.74, 6) is 0.841. The molecular weight excluding hydrogens is 314 g/mol. The Labute approximate surface area is 150 Å². The molecule has 0 radical (unpaired) electrons. The van der Waals surface area contributed by atoms with Crippen LogP contribution in [-0.4, -0.2) is 65.3 Å². The third-order valence-corrected chi connectivity index (χ3v) is 5.10. The van der Waals surface area contributed by atoms with Gasteiger partial charge in [-0.25, -0.2) is 4.98 Å². The molecule has 0 bridgehead atoms. The summed E-state index contributed by atoms with van der Waals surface area (Å²) in [4.78, 5) is 9.43. The molecule has 25 heavy (non-hydrogen) atoms. The van der Waals surface area contributed by atoms with Crippen LogP contribution in [0.1, 0.15) is 33.1 Å². The van der Waals surface area contributed by atoms with E-state index >= 15 is 0 Å². The number of aliphatic hydroxyl groups excluding tert-OH is 1. The van der Waals surface area contributed by atoms with Crippen LogP contribution in [0.25, 0.3) is 11.1 Å². The summed E-state index contributed by atoms with van der Waals surface area (Å²) < 4.78 is 5.78. The van der Waals surface area contributed by atoms with Gasteiger partial charge in [0.15, 0.2) is 11.5 Å². The van der Waals surface area contributed by atoms with E-state index in [2.05, 4.69) is 35.6 Å². The number of aryl methyl sites for hydroxylation is 1. The van der Waals surface area contributed by atoms with Crippen LogP contribution in [0.3, 0.4) is 0 Å². The molecule has 138 valence electrons. The molecule has 1 atom stereocenters. The van der Waals surface area contributed by atoms with Crippen molar-refractivity contribution < 1.29 is 9.52 Å². The molecule has 1 aliphatic rings. The van der Waals surface area contributed by atoms with Crippen LogP contribution in [0, 0.1) is 5.41 Å². The standard InChI is InChI=1S/C20H31N3O2/c1-20(2,3)18(24)15-23-13-11-22(12-14-23)10-6-9-19-21-16-7-4-5-8-17(16)25-19/h4-5,7-8,18,24H,6,9-15H2,1-3H3. The zero-order chi connectivity index (χ0) is 17.9. The second-order valence-corrected chi connectivity index (χ2v) is 8.20. The van der Waals surface area contributed by atoms with Gasteiger partial charge in [-0.05, 0) is 30.5 Å². The van der Waals surface area contributed by atoms with Crippen LogP contribution in [0.15, 0.2) is 28.7 Å². The number of nitrogens with zero attached hydrogens (tertiary/aromatic N) is 3. The molecule has 1 aliphatic heterocycles. The van der Waals surface area contributed by atoms with Gasteiger partial charge >= 0.3 is 0 Å². The van der Waals surface area contributed by atoms with E-state index in [1.54, 1.807) is 0 Å². The zero-order valence-electron chi connectivity index (χ0n) is 15.7. The van der Waals surface area contributed by atoms with Gasteiger partial charge in [-0.1, -0.05) is 32.9 Å². The van der Waals surface area contributed by atoms with Gasteiger partial charge in [-0.3, -0.25) is 4.90 Å². The molecule has 5 nitrogen and oxygen atoms in total. The van der Waals surface area contributed by atoms with Gasteiger partial charge in [0.05, 0.1) is 6.10 Å². The number of hydrogen-bond acceptors (Lipinski definition) is 5. The number of hydrogen-bond donors (Lipinski definition) is 1. The SMILES string of the molecule is CC(C)(C)C(O)CN1CCN(CCCc2nc3ccccc3o2)CC1. The molecule has 1 aromatic heterocycles. The van der Waals surface area contributed by atoms with Gasteiger partial charge in [0, 0.05) is 39.1 Å². The number of rotatable bonds is 6. The zero-order valence-corrected chi connectivity index (χ0v) is 15.7. The highest BCUT2D eigenvalue weighted by Crippen LogP contribution is 2.20. The molecule has 2 aromatic rings. The summed E-state index contributed by atoms with van der Waals surface area (Å²) in [6, 6.07) is 7.93. The van der Waals surface area contributed by atoms with Crippen LogP contribution < -0.4 is 0 Å². The predicted octanol–water partition coefficient (Wildman–Crippen LogP) is 2.79. The molecule has 1 aromatic carbocycles. The normalized spacial score (nSPS) is 18.7. The summed E-state index contributed by atoms with van der Waals surface area (Å²) in [5, 5.41) is 10.3. The maximum absolute atomic E-state index is 10.3. The lowest BCUT2D eigenvalue weighted by Gasteiger charge is -2.38. The van der Waals surface area contributed by atoms with Crippen LogP contribution >= 0.6 is 0 Å². The van der Waals surface area contributed by atoms with E-state index < -0.39 is 0 Å². The largest absolute Gasteiger partial charge is 0.441 e. The number of piperazine rings is 1. The summed E-state index contributed by atoms with van der Waals surface area (Å²) in [6.07, 6.45) is 1.69. The molecule has 0 aliphatic carbocycles. The molecule has 1 saturated heterocycles. The lowest BCUT2D eigenvalue weighted by atomic mass is 9.89. The van der Waals surface area contributed by atoms with Crippen molar-refractivity contribution in [3.8, 4) is 0 Å². The fourth-order valence-corrected chi connectivity index (χ4v) is 3.19. The first kappa shape index (κ1) is 18.4. The first-order valence-corrected chi connectivity index (χ1v) is 9.39. The van der Waals surface area contributed by atoms with Crippen molar-refractivity contribution in [2.45, 2.75) is 39.7 Å². The van der Waals surface area contributed by atoms with Gasteiger partial charge in [0.1, 0.15) is 5.52 Å². The van der Waals surface area contributed by atoms with Crippen LogP contribution in [0.4, 0.5) is 0 Å². The maximum Gasteiger partial charge on any atom is 0.195 e. The molecule has 2 heterocycles. The molecule has 1 unspecified atom stereocenters. The minimum Gasteiger partial charge on any atom is -0.441 e. The summed E-state index contributed by atoms with van der Waals surface area (Å²) in [7, 11) is 0. The second-order valence-electron chi connectivity index (χ2n) is 8.20. The Kier molecular flexibility index (Phi) is 5.77. The molecule has 0 saturated carbocycles. The summed E-state index contributed by atoms with van der Waals surface area (Å²) in [5.41, 5.74) is 1.78. The lowest BCUT2D eigenvalue weighted by Crippen LogP contribution is -2.50. The fraction of sp³-hybridized carbons (Fsp3) is 0.650. The summed E-state index contributed by atoms with van der Waals surface area (Å²) >= 11 is 0. The first-order chi connectivity index (χ1) is 11.9. The van der Waals surface area contributed by atoms with Crippen molar-refractivity contribution in [3.05, 3.63) is 30.2 Å². The number of para-hydroxylation sites is 2. The Morgan fingerprint density at radius 2 is 1.80 bits per heavy atom. The average Bonchev–Trinajstić information content (AvgIpc) is 2.98. The van der Waals surface area contributed by atoms with Crippen molar-refractivity contribution in [2.24, 2.45) is 5.41 Å². The highest BCUT2D eigenvalue weighted by atomic mass is 16.3. The first-order valence-electron chi connectivity index (χ1n) is 9.39. The number of benzene rings is 1. The van der Waals surface area contributed by atoms with Crippen molar-refractivity contribution in [1.82, 2.24) is 14.8 Å². The van der Waals surface area contributed by atoms with Crippen molar-refractivity contribution in [3.63, 3.8) is 0 Å². The molecule has 0 amide bonds. The van der Waals surface area contributed by atoms with Crippen LogP contribution in [-0.2, 0) is 6.42 Å². The van der Waals surface area contributed by atoms with E-state index in [0.29, 0.717) is 0 Å². The van der Waals surface area contributed by atoms with Crippen molar-refractivity contribution in [2.75, 3.05) is 39.3 Å². The highest BCUT2D eigenvalue weighted by Gasteiger charge is 2.26. The summed E-state index contributed by atoms with van der Waals surface area (Å²) in [6.45, 7) is 12.4. The maximum atomic E-state index is 10.3. The van der Waals surface area contributed by atoms with Crippen molar-refractivity contribution >= 4 is 11.1 Å². The molecule has 5 heteroatoms.